The molecule has 0 radical (unpaired) electrons. The molecule has 0 saturated heterocycles. The maximum atomic E-state index is 13.3. The first-order valence-electron chi connectivity index (χ1n) is 10.4. The molecule has 4 heterocycles. The number of pyridine rings is 1. The van der Waals surface area contributed by atoms with E-state index in [1.54, 1.807) is 24.5 Å². The first kappa shape index (κ1) is 20.5. The molecule has 0 unspecified atom stereocenters. The van der Waals surface area contributed by atoms with Gasteiger partial charge in [-0.2, -0.15) is 0 Å². The zero-order valence-electron chi connectivity index (χ0n) is 18.0. The number of nitrogens with one attached hydrogen (secondary N) is 1. The highest BCUT2D eigenvalue weighted by molar-refractivity contribution is 6.16. The zero-order valence-corrected chi connectivity index (χ0v) is 18.0. The number of benzene rings is 1. The van der Waals surface area contributed by atoms with Crippen LogP contribution < -0.4 is 5.32 Å². The van der Waals surface area contributed by atoms with Gasteiger partial charge in [0.1, 0.15) is 17.5 Å². The highest BCUT2D eigenvalue weighted by atomic mass is 16.3. The molecule has 9 heteroatoms. The minimum atomic E-state index is -0.228. The van der Waals surface area contributed by atoms with Gasteiger partial charge < -0.3 is 14.3 Å². The fourth-order valence-corrected chi connectivity index (χ4v) is 3.76. The topological polar surface area (TPSA) is 116 Å². The molecule has 1 N–H and O–H groups in total. The van der Waals surface area contributed by atoms with E-state index in [4.69, 9.17) is 4.42 Å². The van der Waals surface area contributed by atoms with Crippen LogP contribution in [0, 0.1) is 0 Å². The molecule has 0 aliphatic heterocycles. The summed E-state index contributed by atoms with van der Waals surface area (Å²) in [6, 6.07) is 7.16. The molecule has 0 bridgehead atoms. The fourth-order valence-electron chi connectivity index (χ4n) is 3.76. The Morgan fingerprint density at radius 2 is 1.97 bits per heavy atom. The maximum Gasteiger partial charge on any atom is 0.228 e. The molecule has 0 saturated carbocycles. The van der Waals surface area contributed by atoms with Gasteiger partial charge in [0.15, 0.2) is 17.8 Å². The normalized spacial score (nSPS) is 11.4. The van der Waals surface area contributed by atoms with Crippen molar-refractivity contribution in [2.75, 3.05) is 5.32 Å². The third-order valence-corrected chi connectivity index (χ3v) is 5.34. The van der Waals surface area contributed by atoms with Crippen LogP contribution in [0.4, 0.5) is 5.69 Å². The van der Waals surface area contributed by atoms with Crippen molar-refractivity contribution in [3.63, 3.8) is 0 Å². The molecule has 5 aromatic rings. The summed E-state index contributed by atoms with van der Waals surface area (Å²) in [6.45, 7) is 4.04. The van der Waals surface area contributed by atoms with Crippen LogP contribution in [0.2, 0.25) is 0 Å². The van der Waals surface area contributed by atoms with Gasteiger partial charge in [-0.25, -0.2) is 15.0 Å². The van der Waals surface area contributed by atoms with Gasteiger partial charge in [-0.15, -0.1) is 0 Å². The van der Waals surface area contributed by atoms with Gasteiger partial charge in [0.05, 0.1) is 23.9 Å². The third-order valence-electron chi connectivity index (χ3n) is 5.34. The number of hydrogen-bond donors (Lipinski definition) is 1. The summed E-state index contributed by atoms with van der Waals surface area (Å²) in [5.74, 6) is -0.441. The average molecular weight is 440 g/mol. The van der Waals surface area contributed by atoms with E-state index in [9.17, 15) is 9.59 Å². The summed E-state index contributed by atoms with van der Waals surface area (Å²) >= 11 is 0. The summed E-state index contributed by atoms with van der Waals surface area (Å²) in [7, 11) is 0. The highest BCUT2D eigenvalue weighted by Crippen LogP contribution is 2.25. The number of rotatable bonds is 6. The number of hydrogen-bond acceptors (Lipinski definition) is 7. The van der Waals surface area contributed by atoms with Crippen molar-refractivity contribution in [3.8, 4) is 0 Å². The molecule has 0 spiro atoms. The van der Waals surface area contributed by atoms with Gasteiger partial charge in [0.25, 0.3) is 0 Å². The maximum absolute atomic E-state index is 13.3. The largest absolute Gasteiger partial charge is 0.443 e. The molecule has 9 nitrogen and oxygen atoms in total. The van der Waals surface area contributed by atoms with Crippen molar-refractivity contribution >= 4 is 39.5 Å². The fraction of sp³-hybridized carbons (Fsp3) is 0.167. The van der Waals surface area contributed by atoms with Crippen molar-refractivity contribution in [1.82, 2.24) is 24.5 Å². The molecule has 1 aromatic carbocycles. The van der Waals surface area contributed by atoms with Crippen LogP contribution in [0.3, 0.4) is 0 Å². The molecule has 4 aromatic heterocycles. The molecule has 0 aliphatic rings. The second-order valence-electron chi connectivity index (χ2n) is 7.97. The minimum Gasteiger partial charge on any atom is -0.443 e. The quantitative estimate of drug-likeness (QED) is 0.397. The van der Waals surface area contributed by atoms with Crippen molar-refractivity contribution in [2.24, 2.45) is 0 Å². The lowest BCUT2D eigenvalue weighted by Crippen LogP contribution is -2.15. The summed E-state index contributed by atoms with van der Waals surface area (Å²) in [6.07, 6.45) is 9.41. The molecule has 1 amide bonds. The van der Waals surface area contributed by atoms with Crippen LogP contribution in [0.5, 0.6) is 0 Å². The van der Waals surface area contributed by atoms with Crippen LogP contribution >= 0.6 is 0 Å². The average Bonchev–Trinajstić information content (AvgIpc) is 3.43. The summed E-state index contributed by atoms with van der Waals surface area (Å²) in [5, 5.41) is 3.49. The van der Waals surface area contributed by atoms with E-state index in [0.717, 1.165) is 5.56 Å². The lowest BCUT2D eigenvalue weighted by atomic mass is 10.1. The molecular formula is C24H20N6O3. The van der Waals surface area contributed by atoms with Crippen molar-refractivity contribution in [2.45, 2.75) is 26.3 Å². The monoisotopic (exact) mass is 440 g/mol. The van der Waals surface area contributed by atoms with E-state index in [1.165, 1.54) is 25.1 Å². The number of fused-ring (bicyclic) bond motifs is 2. The standard InChI is InChI=1S/C24H20N6O3/c1-14(2)30-11-19(18-10-26-12-27-24(18)30)23(32)16-7-17(9-25-8-16)29-22(31)6-15-3-4-21-20(5-15)28-13-33-21/h3-5,7-14H,6H2,1-2H3,(H,29,31). The highest BCUT2D eigenvalue weighted by Gasteiger charge is 2.20. The van der Waals surface area contributed by atoms with E-state index in [1.807, 2.05) is 30.5 Å². The van der Waals surface area contributed by atoms with Crippen LogP contribution in [0.25, 0.3) is 22.1 Å². The number of ketones is 1. The number of carbonyl (C=O) groups is 2. The Labute approximate surface area is 188 Å². The van der Waals surface area contributed by atoms with Crippen molar-refractivity contribution < 1.29 is 14.0 Å². The molecular weight excluding hydrogens is 420 g/mol. The zero-order chi connectivity index (χ0) is 22.9. The first-order valence-corrected chi connectivity index (χ1v) is 10.4. The van der Waals surface area contributed by atoms with Crippen molar-refractivity contribution in [3.05, 3.63) is 78.5 Å². The van der Waals surface area contributed by atoms with Gasteiger partial charge in [0.2, 0.25) is 5.91 Å². The summed E-state index contributed by atoms with van der Waals surface area (Å²) < 4.78 is 7.17. The Bertz CT molecular complexity index is 1500. The SMILES string of the molecule is CC(C)n1cc(C(=O)c2cncc(NC(=O)Cc3ccc4ocnc4c3)c2)c2cncnc21. The summed E-state index contributed by atoms with van der Waals surface area (Å²) in [5.41, 5.74) is 4.16. The van der Waals surface area contributed by atoms with Crippen LogP contribution in [0.1, 0.15) is 41.4 Å². The van der Waals surface area contributed by atoms with E-state index in [0.29, 0.717) is 38.9 Å². The van der Waals surface area contributed by atoms with Gasteiger partial charge in [0, 0.05) is 35.6 Å². The van der Waals surface area contributed by atoms with E-state index < -0.39 is 0 Å². The second-order valence-corrected chi connectivity index (χ2v) is 7.97. The number of nitrogens with zero attached hydrogens (tertiary/aromatic N) is 5. The predicted octanol–water partition coefficient (Wildman–Crippen LogP) is 3.96. The van der Waals surface area contributed by atoms with Gasteiger partial charge >= 0.3 is 0 Å². The Balaban J connectivity index is 1.37. The van der Waals surface area contributed by atoms with Crippen molar-refractivity contribution in [1.29, 1.82) is 0 Å². The van der Waals surface area contributed by atoms with Gasteiger partial charge in [-0.05, 0) is 37.6 Å². The van der Waals surface area contributed by atoms with Crippen LogP contribution in [-0.2, 0) is 11.2 Å². The van der Waals surface area contributed by atoms with E-state index in [2.05, 4.69) is 25.3 Å². The van der Waals surface area contributed by atoms with Gasteiger partial charge in [-0.3, -0.25) is 14.6 Å². The predicted molar refractivity (Wildman–Crippen MR) is 122 cm³/mol. The Hall–Kier alpha value is -4.40. The molecule has 164 valence electrons. The van der Waals surface area contributed by atoms with Crippen LogP contribution in [0.15, 0.2) is 66.2 Å². The first-order chi connectivity index (χ1) is 16.0. The minimum absolute atomic E-state index is 0.129. The lowest BCUT2D eigenvalue weighted by Gasteiger charge is -2.07. The lowest BCUT2D eigenvalue weighted by molar-refractivity contribution is -0.115. The third kappa shape index (κ3) is 3.96. The molecule has 5 rings (SSSR count). The number of oxazole rings is 1. The second kappa shape index (κ2) is 8.27. The number of carbonyl (C=O) groups excluding carboxylic acids is 2. The molecule has 0 atom stereocenters. The molecule has 33 heavy (non-hydrogen) atoms. The molecule has 0 aliphatic carbocycles. The Morgan fingerprint density at radius 3 is 2.82 bits per heavy atom. The molecule has 0 fully saturated rings. The number of anilines is 1. The van der Waals surface area contributed by atoms with E-state index in [-0.39, 0.29) is 24.2 Å². The summed E-state index contributed by atoms with van der Waals surface area (Å²) in [4.78, 5) is 42.5. The Morgan fingerprint density at radius 1 is 1.09 bits per heavy atom. The number of aromatic nitrogens is 5. The Kier molecular flexibility index (Phi) is 5.14. The van der Waals surface area contributed by atoms with Crippen LogP contribution in [-0.4, -0.2) is 36.2 Å². The smallest absolute Gasteiger partial charge is 0.228 e. The number of amides is 1. The van der Waals surface area contributed by atoms with E-state index >= 15 is 0 Å². The van der Waals surface area contributed by atoms with Gasteiger partial charge in [-0.1, -0.05) is 6.07 Å².